The number of ether oxygens (including phenoxy) is 1. The van der Waals surface area contributed by atoms with Crippen LogP contribution < -0.4 is 15.0 Å². The second-order valence-electron chi connectivity index (χ2n) is 3.97. The van der Waals surface area contributed by atoms with E-state index in [9.17, 15) is 13.2 Å². The van der Waals surface area contributed by atoms with Crippen LogP contribution >= 0.6 is 0 Å². The van der Waals surface area contributed by atoms with Crippen LogP contribution in [0.3, 0.4) is 0 Å². The van der Waals surface area contributed by atoms with Crippen LogP contribution in [0.25, 0.3) is 0 Å². The van der Waals surface area contributed by atoms with Crippen molar-refractivity contribution in [3.8, 4) is 6.01 Å². The van der Waals surface area contributed by atoms with Crippen molar-refractivity contribution >= 4 is 11.9 Å². The van der Waals surface area contributed by atoms with Crippen LogP contribution in [-0.2, 0) is 0 Å². The van der Waals surface area contributed by atoms with Gasteiger partial charge in [0.2, 0.25) is 11.9 Å². The predicted molar refractivity (Wildman–Crippen MR) is 64.5 cm³/mol. The fourth-order valence-corrected chi connectivity index (χ4v) is 1.06. The minimum atomic E-state index is -4.47. The maximum atomic E-state index is 12.4. The van der Waals surface area contributed by atoms with E-state index in [0.29, 0.717) is 6.54 Å². The number of hydrogen-bond donors (Lipinski definition) is 1. The van der Waals surface area contributed by atoms with Crippen LogP contribution in [0.5, 0.6) is 6.01 Å². The van der Waals surface area contributed by atoms with Gasteiger partial charge in [-0.25, -0.2) is 0 Å². The Morgan fingerprint density at radius 2 is 1.89 bits per heavy atom. The lowest BCUT2D eigenvalue weighted by Gasteiger charge is -2.18. The number of nitrogens with one attached hydrogen (secondary N) is 1. The van der Waals surface area contributed by atoms with E-state index in [0.717, 1.165) is 6.92 Å². The maximum Gasteiger partial charge on any atom is 0.425 e. The molecule has 108 valence electrons. The van der Waals surface area contributed by atoms with E-state index in [1.807, 2.05) is 6.92 Å². The van der Waals surface area contributed by atoms with E-state index in [2.05, 4.69) is 20.3 Å². The summed E-state index contributed by atoms with van der Waals surface area (Å²) < 4.78 is 42.0. The summed E-state index contributed by atoms with van der Waals surface area (Å²) >= 11 is 0. The Kier molecular flexibility index (Phi) is 4.73. The van der Waals surface area contributed by atoms with Gasteiger partial charge in [0.1, 0.15) is 0 Å². The smallest absolute Gasteiger partial charge is 0.425 e. The molecule has 1 atom stereocenters. The third-order valence-corrected chi connectivity index (χ3v) is 2.08. The second kappa shape index (κ2) is 5.89. The molecular formula is C10H16F3N5O. The van der Waals surface area contributed by atoms with Crippen molar-refractivity contribution in [2.75, 3.05) is 30.9 Å². The van der Waals surface area contributed by atoms with Crippen molar-refractivity contribution in [2.45, 2.75) is 26.1 Å². The molecule has 0 radical (unpaired) electrons. The molecule has 1 heterocycles. The quantitative estimate of drug-likeness (QED) is 0.885. The molecule has 1 aromatic heterocycles. The topological polar surface area (TPSA) is 63.2 Å². The molecule has 0 amide bonds. The lowest BCUT2D eigenvalue weighted by Crippen LogP contribution is -2.32. The molecule has 1 aromatic rings. The molecule has 0 saturated heterocycles. The van der Waals surface area contributed by atoms with Crippen LogP contribution in [0.2, 0.25) is 0 Å². The summed E-state index contributed by atoms with van der Waals surface area (Å²) in [5, 5.41) is 2.81. The molecule has 0 saturated carbocycles. The highest BCUT2D eigenvalue weighted by atomic mass is 19.4. The van der Waals surface area contributed by atoms with E-state index in [1.165, 1.54) is 0 Å². The van der Waals surface area contributed by atoms with Gasteiger partial charge < -0.3 is 15.0 Å². The average molecular weight is 279 g/mol. The Labute approximate surface area is 109 Å². The van der Waals surface area contributed by atoms with Crippen LogP contribution in [-0.4, -0.2) is 47.9 Å². The second-order valence-corrected chi connectivity index (χ2v) is 3.97. The van der Waals surface area contributed by atoms with E-state index >= 15 is 0 Å². The zero-order valence-corrected chi connectivity index (χ0v) is 11.1. The first-order valence-corrected chi connectivity index (χ1v) is 5.64. The minimum Gasteiger partial charge on any atom is -0.451 e. The number of anilines is 2. The Balaban J connectivity index is 2.99. The van der Waals surface area contributed by atoms with Crippen LogP contribution in [0.4, 0.5) is 25.1 Å². The number of halogens is 3. The third kappa shape index (κ3) is 4.42. The number of aromatic nitrogens is 3. The molecule has 9 heteroatoms. The summed E-state index contributed by atoms with van der Waals surface area (Å²) in [6.45, 7) is 3.25. The molecule has 1 unspecified atom stereocenters. The van der Waals surface area contributed by atoms with Gasteiger partial charge in [0, 0.05) is 20.6 Å². The first-order valence-electron chi connectivity index (χ1n) is 5.64. The van der Waals surface area contributed by atoms with Gasteiger partial charge in [-0.2, -0.15) is 28.1 Å². The van der Waals surface area contributed by atoms with E-state index in [1.54, 1.807) is 19.0 Å². The number of hydrogen-bond acceptors (Lipinski definition) is 6. The maximum absolute atomic E-state index is 12.4. The molecule has 0 bridgehead atoms. The first kappa shape index (κ1) is 15.3. The van der Waals surface area contributed by atoms with Crippen LogP contribution in [0, 0.1) is 0 Å². The van der Waals surface area contributed by atoms with Crippen molar-refractivity contribution < 1.29 is 17.9 Å². The highest BCUT2D eigenvalue weighted by Gasteiger charge is 2.38. The zero-order valence-electron chi connectivity index (χ0n) is 11.1. The highest BCUT2D eigenvalue weighted by Crippen LogP contribution is 2.24. The molecule has 0 fully saturated rings. The summed E-state index contributed by atoms with van der Waals surface area (Å²) in [5.74, 6) is 0.390. The summed E-state index contributed by atoms with van der Waals surface area (Å²) in [6.07, 6.45) is -6.46. The highest BCUT2D eigenvalue weighted by molar-refractivity contribution is 5.36. The van der Waals surface area contributed by atoms with Crippen molar-refractivity contribution in [2.24, 2.45) is 0 Å². The van der Waals surface area contributed by atoms with Crippen LogP contribution in [0.1, 0.15) is 13.8 Å². The lowest BCUT2D eigenvalue weighted by molar-refractivity contribution is -0.190. The predicted octanol–water partition coefficient (Wildman–Crippen LogP) is 1.70. The van der Waals surface area contributed by atoms with Gasteiger partial charge in [-0.3, -0.25) is 0 Å². The SMILES string of the molecule is CCNc1nc(OC(C)C(F)(F)F)nc(N(C)C)n1. The normalized spacial score (nSPS) is 13.0. The van der Waals surface area contributed by atoms with Crippen molar-refractivity contribution in [3.05, 3.63) is 0 Å². The van der Waals surface area contributed by atoms with Gasteiger partial charge in [-0.1, -0.05) is 0 Å². The number of rotatable bonds is 5. The van der Waals surface area contributed by atoms with E-state index in [-0.39, 0.29) is 17.9 Å². The van der Waals surface area contributed by atoms with Crippen molar-refractivity contribution in [1.82, 2.24) is 15.0 Å². The Hall–Kier alpha value is -1.80. The summed E-state index contributed by atoms with van der Waals surface area (Å²) in [4.78, 5) is 13.2. The van der Waals surface area contributed by atoms with Crippen LogP contribution in [0.15, 0.2) is 0 Å². The molecule has 0 spiro atoms. The third-order valence-electron chi connectivity index (χ3n) is 2.08. The molecule has 0 aromatic carbocycles. The number of alkyl halides is 3. The van der Waals surface area contributed by atoms with Crippen molar-refractivity contribution in [1.29, 1.82) is 0 Å². The standard InChI is InChI=1S/C10H16F3N5O/c1-5-14-7-15-8(18(3)4)17-9(16-7)19-6(2)10(11,12)13/h6H,5H2,1-4H3,(H,14,15,16,17). The van der Waals surface area contributed by atoms with Gasteiger partial charge in [0.15, 0.2) is 6.10 Å². The first-order chi connectivity index (χ1) is 8.74. The fraction of sp³-hybridized carbons (Fsp3) is 0.700. The monoisotopic (exact) mass is 279 g/mol. The zero-order chi connectivity index (χ0) is 14.6. The molecule has 0 aliphatic rings. The van der Waals surface area contributed by atoms with Crippen molar-refractivity contribution in [3.63, 3.8) is 0 Å². The molecular weight excluding hydrogens is 263 g/mol. The summed E-state index contributed by atoms with van der Waals surface area (Å²) in [7, 11) is 3.34. The molecule has 1 N–H and O–H groups in total. The van der Waals surface area contributed by atoms with Gasteiger partial charge in [0.05, 0.1) is 0 Å². The molecule has 0 aliphatic heterocycles. The number of nitrogens with zero attached hydrogens (tertiary/aromatic N) is 4. The van der Waals surface area contributed by atoms with Gasteiger partial charge in [0.25, 0.3) is 0 Å². The van der Waals surface area contributed by atoms with Gasteiger partial charge in [-0.15, -0.1) is 0 Å². The molecule has 0 aliphatic carbocycles. The summed E-state index contributed by atoms with van der Waals surface area (Å²) in [5.41, 5.74) is 0. The largest absolute Gasteiger partial charge is 0.451 e. The van der Waals surface area contributed by atoms with E-state index < -0.39 is 12.3 Å². The molecule has 19 heavy (non-hydrogen) atoms. The Morgan fingerprint density at radius 3 is 2.37 bits per heavy atom. The Morgan fingerprint density at radius 1 is 1.26 bits per heavy atom. The fourth-order valence-electron chi connectivity index (χ4n) is 1.06. The molecule has 6 nitrogen and oxygen atoms in total. The van der Waals surface area contributed by atoms with Gasteiger partial charge in [-0.05, 0) is 13.8 Å². The Bertz CT molecular complexity index is 424. The average Bonchev–Trinajstić information content (AvgIpc) is 2.27. The minimum absolute atomic E-state index is 0.172. The van der Waals surface area contributed by atoms with E-state index in [4.69, 9.17) is 4.74 Å². The molecule has 1 rings (SSSR count). The lowest BCUT2D eigenvalue weighted by atomic mass is 10.4. The van der Waals surface area contributed by atoms with Gasteiger partial charge >= 0.3 is 12.2 Å². The summed E-state index contributed by atoms with van der Waals surface area (Å²) in [6, 6.07) is -0.362.